The van der Waals surface area contributed by atoms with Gasteiger partial charge in [0.15, 0.2) is 0 Å². The second kappa shape index (κ2) is 9.70. The zero-order valence-corrected chi connectivity index (χ0v) is 18.0. The predicted molar refractivity (Wildman–Crippen MR) is 102 cm³/mol. The molecule has 3 heteroatoms. The summed E-state index contributed by atoms with van der Waals surface area (Å²) in [6, 6.07) is 6.52. The Bertz CT molecular complexity index is 554. The molecule has 2 rings (SSSR count). The van der Waals surface area contributed by atoms with Crippen LogP contribution in [0.4, 0.5) is 0 Å². The second-order valence-corrected chi connectivity index (χ2v) is 11.9. The molecule has 0 atom stereocenters. The Labute approximate surface area is 152 Å². The zero-order chi connectivity index (χ0) is 16.5. The van der Waals surface area contributed by atoms with Crippen LogP contribution in [0.25, 0.3) is 5.52 Å². The molecule has 0 unspecified atom stereocenters. The first kappa shape index (κ1) is 18.8. The van der Waals surface area contributed by atoms with Crippen molar-refractivity contribution in [3.05, 3.63) is 30.7 Å². The van der Waals surface area contributed by atoms with Crippen molar-refractivity contribution in [3.8, 4) is 0 Å². The van der Waals surface area contributed by atoms with Gasteiger partial charge in [-0.25, -0.2) is 0 Å². The van der Waals surface area contributed by atoms with Crippen molar-refractivity contribution in [1.29, 1.82) is 0 Å². The Morgan fingerprint density at radius 1 is 0.957 bits per heavy atom. The van der Waals surface area contributed by atoms with Crippen LogP contribution in [0.5, 0.6) is 0 Å². The number of unbranched alkanes of at least 4 members (excludes halogenated alkanes) is 3. The molecule has 0 N–H and O–H groups in total. The number of rotatable bonds is 11. The maximum atomic E-state index is 4.84. The van der Waals surface area contributed by atoms with Gasteiger partial charge in [0.05, 0.1) is 0 Å². The molecule has 0 aliphatic heterocycles. The van der Waals surface area contributed by atoms with Crippen LogP contribution in [-0.2, 0) is 0 Å². The Balaban J connectivity index is 2.25. The standard InChI is InChI=1S/C13H27.C7H5N2.Sn/c1-4-7-10-13(11-8-5-2)12-9-6-3;1-2-4-9-6-8-5-7(9)3-1;/h4-12H2,1-3H3;1-4,6H;. The van der Waals surface area contributed by atoms with Crippen molar-refractivity contribution >= 4 is 30.4 Å². The molecule has 2 nitrogen and oxygen atoms in total. The third-order valence-corrected chi connectivity index (χ3v) is 10.3. The molecule has 0 saturated heterocycles. The third kappa shape index (κ3) is 5.23. The van der Waals surface area contributed by atoms with E-state index in [1.165, 1.54) is 67.0 Å². The summed E-state index contributed by atoms with van der Waals surface area (Å²) < 4.78 is 4.30. The Kier molecular flexibility index (Phi) is 7.94. The molecule has 0 aliphatic rings. The number of hydrogen-bond donors (Lipinski definition) is 0. The number of imidazole rings is 1. The summed E-state index contributed by atoms with van der Waals surface area (Å²) in [4.78, 5) is 4.84. The molecule has 2 aromatic heterocycles. The van der Waals surface area contributed by atoms with E-state index < -0.39 is 21.1 Å². The van der Waals surface area contributed by atoms with Crippen LogP contribution in [0.3, 0.4) is 0 Å². The monoisotopic (exact) mass is 420 g/mol. The van der Waals surface area contributed by atoms with E-state index in [9.17, 15) is 0 Å². The van der Waals surface area contributed by atoms with Crippen molar-refractivity contribution in [2.24, 2.45) is 0 Å². The summed E-state index contributed by atoms with van der Waals surface area (Å²) in [6.45, 7) is 7.00. The van der Waals surface area contributed by atoms with Crippen LogP contribution in [-0.4, -0.2) is 30.5 Å². The molecule has 0 fully saturated rings. The average Bonchev–Trinajstić information content (AvgIpc) is 2.99. The predicted octanol–water partition coefficient (Wildman–Crippen LogP) is 5.39. The number of nitrogens with zero attached hydrogens (tertiary/aromatic N) is 2. The second-order valence-electron chi connectivity index (χ2n) is 6.80. The van der Waals surface area contributed by atoms with Gasteiger partial charge >= 0.3 is 152 Å². The summed E-state index contributed by atoms with van der Waals surface area (Å²) in [5.41, 5.74) is 1.37. The molecule has 2 heterocycles. The molecular formula is C20H32N2Sn. The van der Waals surface area contributed by atoms with E-state index in [0.29, 0.717) is 3.43 Å². The van der Waals surface area contributed by atoms with Gasteiger partial charge in [0.25, 0.3) is 0 Å². The summed E-state index contributed by atoms with van der Waals surface area (Å²) in [7, 11) is 0. The number of fused-ring (bicyclic) bond motifs is 1. The number of pyridine rings is 1. The summed E-state index contributed by atoms with van der Waals surface area (Å²) >= 11 is -0.718. The SMILES string of the molecule is CCCC[C](CCCC)(CCCC)[Sn][c]1ncn2ccccc12. The minimum absolute atomic E-state index is 0.621. The third-order valence-electron chi connectivity index (χ3n) is 4.85. The summed E-state index contributed by atoms with van der Waals surface area (Å²) in [5.74, 6) is 0. The van der Waals surface area contributed by atoms with E-state index in [0.717, 1.165) is 0 Å². The van der Waals surface area contributed by atoms with Gasteiger partial charge in [-0.3, -0.25) is 0 Å². The molecule has 2 aromatic rings. The Hall–Kier alpha value is -0.511. The maximum absolute atomic E-state index is 4.84. The van der Waals surface area contributed by atoms with E-state index >= 15 is 0 Å². The van der Waals surface area contributed by atoms with Crippen LogP contribution in [0, 0.1) is 0 Å². The van der Waals surface area contributed by atoms with Crippen LogP contribution in [0.15, 0.2) is 30.7 Å². The molecule has 0 spiro atoms. The fraction of sp³-hybridized carbons (Fsp3) is 0.650. The topological polar surface area (TPSA) is 17.3 Å². The first-order chi connectivity index (χ1) is 11.2. The fourth-order valence-corrected chi connectivity index (χ4v) is 8.74. The minimum atomic E-state index is -0.718. The van der Waals surface area contributed by atoms with Crippen molar-refractivity contribution in [1.82, 2.24) is 9.38 Å². The summed E-state index contributed by atoms with van der Waals surface area (Å²) in [5, 5.41) is 0. The van der Waals surface area contributed by atoms with Gasteiger partial charge < -0.3 is 0 Å². The first-order valence-corrected chi connectivity index (χ1v) is 12.3. The molecule has 23 heavy (non-hydrogen) atoms. The molecule has 126 valence electrons. The van der Waals surface area contributed by atoms with E-state index in [1.54, 1.807) is 0 Å². The van der Waals surface area contributed by atoms with Crippen LogP contribution in [0.1, 0.15) is 78.6 Å². The molecule has 0 aromatic carbocycles. The van der Waals surface area contributed by atoms with Crippen molar-refractivity contribution in [3.63, 3.8) is 0 Å². The summed E-state index contributed by atoms with van der Waals surface area (Å²) in [6.07, 6.45) is 16.6. The molecule has 0 bridgehead atoms. The van der Waals surface area contributed by atoms with Gasteiger partial charge in [-0.1, -0.05) is 0 Å². The molecule has 0 aliphatic carbocycles. The van der Waals surface area contributed by atoms with Gasteiger partial charge in [-0.15, -0.1) is 0 Å². The number of hydrogen-bond acceptors (Lipinski definition) is 1. The van der Waals surface area contributed by atoms with E-state index in [1.807, 2.05) is 6.33 Å². The van der Waals surface area contributed by atoms with Crippen molar-refractivity contribution in [2.45, 2.75) is 82.0 Å². The van der Waals surface area contributed by atoms with Crippen molar-refractivity contribution in [2.75, 3.05) is 0 Å². The average molecular weight is 419 g/mol. The van der Waals surface area contributed by atoms with Gasteiger partial charge in [0, 0.05) is 0 Å². The van der Waals surface area contributed by atoms with Gasteiger partial charge in [-0.05, 0) is 0 Å². The number of aromatic nitrogens is 2. The Morgan fingerprint density at radius 3 is 2.13 bits per heavy atom. The van der Waals surface area contributed by atoms with E-state index in [4.69, 9.17) is 4.98 Å². The quantitative estimate of drug-likeness (QED) is 0.447. The molecule has 0 saturated carbocycles. The van der Waals surface area contributed by atoms with Crippen LogP contribution >= 0.6 is 0 Å². The van der Waals surface area contributed by atoms with Gasteiger partial charge in [-0.2, -0.15) is 0 Å². The van der Waals surface area contributed by atoms with Crippen LogP contribution < -0.4 is 3.71 Å². The van der Waals surface area contributed by atoms with Gasteiger partial charge in [0.2, 0.25) is 0 Å². The van der Waals surface area contributed by atoms with Crippen molar-refractivity contribution < 1.29 is 0 Å². The molecule has 0 amide bonds. The van der Waals surface area contributed by atoms with E-state index in [2.05, 4.69) is 49.6 Å². The zero-order valence-electron chi connectivity index (χ0n) is 15.1. The molecular weight excluding hydrogens is 387 g/mol. The van der Waals surface area contributed by atoms with Crippen LogP contribution in [0.2, 0.25) is 3.43 Å². The first-order valence-electron chi connectivity index (χ1n) is 9.44. The van der Waals surface area contributed by atoms with E-state index in [-0.39, 0.29) is 0 Å². The Morgan fingerprint density at radius 2 is 1.57 bits per heavy atom. The molecule has 2 radical (unpaired) electrons. The normalized spacial score (nSPS) is 12.1. The fourth-order valence-electron chi connectivity index (χ4n) is 3.40. The van der Waals surface area contributed by atoms with Gasteiger partial charge in [0.1, 0.15) is 0 Å².